The summed E-state index contributed by atoms with van der Waals surface area (Å²) in [6.07, 6.45) is -2.84. The molecule has 6 nitrogen and oxygen atoms in total. The van der Waals surface area contributed by atoms with Crippen LogP contribution < -0.4 is 0 Å². The molecule has 0 spiro atoms. The van der Waals surface area contributed by atoms with Crippen molar-refractivity contribution in [3.8, 4) is 0 Å². The average Bonchev–Trinajstić information content (AvgIpc) is 2.72. The SMILES string of the molecule is CO[C@H](c1ccccc1)[C@H](OC)N(C(=O)OCC[Si](C)(C)C)C(=O)c1c(Cl)cc(Cl)cc1Cl. The maximum Gasteiger partial charge on any atom is 0.419 e. The summed E-state index contributed by atoms with van der Waals surface area (Å²) in [5.41, 5.74) is 0.614. The van der Waals surface area contributed by atoms with E-state index in [4.69, 9.17) is 49.0 Å². The monoisotopic (exact) mass is 531 g/mol. The molecule has 0 N–H and O–H groups in total. The summed E-state index contributed by atoms with van der Waals surface area (Å²) in [5.74, 6) is -0.787. The van der Waals surface area contributed by atoms with Gasteiger partial charge in [0.05, 0.1) is 22.2 Å². The second kappa shape index (κ2) is 12.2. The molecule has 0 heterocycles. The number of benzene rings is 2. The molecule has 0 aliphatic carbocycles. The highest BCUT2D eigenvalue weighted by Gasteiger charge is 2.40. The molecule has 2 aromatic rings. The van der Waals surface area contributed by atoms with E-state index in [0.29, 0.717) is 5.56 Å². The van der Waals surface area contributed by atoms with Crippen LogP contribution in [0.2, 0.25) is 40.8 Å². The molecule has 0 bridgehead atoms. The molecule has 2 amide bonds. The molecule has 10 heteroatoms. The van der Waals surface area contributed by atoms with E-state index in [-0.39, 0.29) is 27.2 Å². The molecular weight excluding hydrogens is 505 g/mol. The lowest BCUT2D eigenvalue weighted by Gasteiger charge is -2.34. The summed E-state index contributed by atoms with van der Waals surface area (Å²) >= 11 is 18.6. The molecule has 0 aromatic heterocycles. The third kappa shape index (κ3) is 7.44. The van der Waals surface area contributed by atoms with E-state index in [1.54, 1.807) is 0 Å². The zero-order valence-electron chi connectivity index (χ0n) is 19.2. The summed E-state index contributed by atoms with van der Waals surface area (Å²) in [5, 5.41) is 0.259. The summed E-state index contributed by atoms with van der Waals surface area (Å²) in [6, 6.07) is 12.6. The normalized spacial score (nSPS) is 13.3. The van der Waals surface area contributed by atoms with Gasteiger partial charge in [-0.15, -0.1) is 0 Å². The number of ether oxygens (including phenoxy) is 3. The summed E-state index contributed by atoms with van der Waals surface area (Å²) in [4.78, 5) is 27.7. The van der Waals surface area contributed by atoms with Crippen molar-refractivity contribution in [3.63, 3.8) is 0 Å². The molecule has 0 fully saturated rings. The van der Waals surface area contributed by atoms with Crippen molar-refractivity contribution in [2.24, 2.45) is 0 Å². The molecule has 0 aliphatic heterocycles. The summed E-state index contributed by atoms with van der Waals surface area (Å²) < 4.78 is 16.7. The Morgan fingerprint density at radius 3 is 2.03 bits per heavy atom. The molecule has 0 aliphatic rings. The highest BCUT2D eigenvalue weighted by atomic mass is 35.5. The van der Waals surface area contributed by atoms with Crippen LogP contribution in [0.3, 0.4) is 0 Å². The maximum atomic E-state index is 13.6. The minimum absolute atomic E-state index is 0.000861. The average molecular weight is 533 g/mol. The van der Waals surface area contributed by atoms with Gasteiger partial charge in [0.1, 0.15) is 6.10 Å². The molecule has 180 valence electrons. The van der Waals surface area contributed by atoms with E-state index in [1.807, 2.05) is 30.3 Å². The van der Waals surface area contributed by atoms with Gasteiger partial charge >= 0.3 is 6.09 Å². The van der Waals surface area contributed by atoms with Crippen LogP contribution in [-0.4, -0.2) is 52.0 Å². The summed E-state index contributed by atoms with van der Waals surface area (Å²) in [6.45, 7) is 6.64. The Bertz CT molecular complexity index is 945. The van der Waals surface area contributed by atoms with Crippen LogP contribution >= 0.6 is 34.8 Å². The van der Waals surface area contributed by atoms with Crippen LogP contribution in [0, 0.1) is 0 Å². The predicted molar refractivity (Wildman–Crippen MR) is 134 cm³/mol. The van der Waals surface area contributed by atoms with E-state index in [0.717, 1.165) is 10.9 Å². The van der Waals surface area contributed by atoms with Gasteiger partial charge in [-0.1, -0.05) is 84.8 Å². The Morgan fingerprint density at radius 2 is 1.55 bits per heavy atom. The molecule has 0 unspecified atom stereocenters. The Morgan fingerprint density at radius 1 is 0.970 bits per heavy atom. The first-order chi connectivity index (χ1) is 15.5. The summed E-state index contributed by atoms with van der Waals surface area (Å²) in [7, 11) is 1.35. The Hall–Kier alpha value is -1.61. The van der Waals surface area contributed by atoms with Gasteiger partial charge in [-0.25, -0.2) is 9.69 Å². The van der Waals surface area contributed by atoms with Crippen molar-refractivity contribution < 1.29 is 23.8 Å². The molecule has 2 atom stereocenters. The number of carbonyl (C=O) groups excluding carboxylic acids is 2. The van der Waals surface area contributed by atoms with Crippen LogP contribution in [0.15, 0.2) is 42.5 Å². The minimum Gasteiger partial charge on any atom is -0.449 e. The van der Waals surface area contributed by atoms with Crippen molar-refractivity contribution in [1.29, 1.82) is 0 Å². The number of hydrogen-bond donors (Lipinski definition) is 0. The predicted octanol–water partition coefficient (Wildman–Crippen LogP) is 6.92. The number of halogens is 3. The fourth-order valence-corrected chi connectivity index (χ4v) is 4.80. The van der Waals surface area contributed by atoms with E-state index < -0.39 is 32.4 Å². The van der Waals surface area contributed by atoms with Crippen molar-refractivity contribution in [2.75, 3.05) is 20.8 Å². The van der Waals surface area contributed by atoms with Gasteiger partial charge in [-0.3, -0.25) is 4.79 Å². The lowest BCUT2D eigenvalue weighted by Crippen LogP contribution is -2.49. The Labute approximate surface area is 210 Å². The van der Waals surface area contributed by atoms with Gasteiger partial charge in [-0.05, 0) is 23.7 Å². The molecule has 0 saturated heterocycles. The fourth-order valence-electron chi connectivity index (χ4n) is 3.11. The van der Waals surface area contributed by atoms with Crippen LogP contribution in [0.4, 0.5) is 4.79 Å². The van der Waals surface area contributed by atoms with Crippen molar-refractivity contribution in [3.05, 3.63) is 68.7 Å². The topological polar surface area (TPSA) is 65.1 Å². The van der Waals surface area contributed by atoms with Crippen LogP contribution in [0.5, 0.6) is 0 Å². The lowest BCUT2D eigenvalue weighted by atomic mass is 10.1. The Kier molecular flexibility index (Phi) is 10.2. The molecule has 33 heavy (non-hydrogen) atoms. The van der Waals surface area contributed by atoms with Crippen LogP contribution in [0.25, 0.3) is 0 Å². The standard InChI is InChI=1S/C23H28Cl3NO5Si/c1-30-20(15-9-7-6-8-10-15)22(31-2)27(23(29)32-11-12-33(3,4)5)21(28)19-17(25)13-16(24)14-18(19)26/h6-10,13-14,20,22H,11-12H2,1-5H3/t20-,22+/m1/s1. The van der Waals surface area contributed by atoms with E-state index in [2.05, 4.69) is 19.6 Å². The zero-order valence-corrected chi connectivity index (χ0v) is 22.5. The number of amides is 2. The van der Waals surface area contributed by atoms with E-state index in [1.165, 1.54) is 26.4 Å². The molecule has 0 saturated carbocycles. The number of imide groups is 1. The maximum absolute atomic E-state index is 13.6. The van der Waals surface area contributed by atoms with Gasteiger partial charge in [0.2, 0.25) is 0 Å². The van der Waals surface area contributed by atoms with Gasteiger partial charge in [0, 0.05) is 27.3 Å². The second-order valence-corrected chi connectivity index (χ2v) is 15.4. The second-order valence-electron chi connectivity index (χ2n) is 8.54. The molecular formula is C23H28Cl3NO5Si. The quantitative estimate of drug-likeness (QED) is 0.259. The molecule has 2 rings (SSSR count). The van der Waals surface area contributed by atoms with Gasteiger partial charge in [-0.2, -0.15) is 0 Å². The smallest absolute Gasteiger partial charge is 0.419 e. The number of carbonyl (C=O) groups is 2. The molecule has 0 radical (unpaired) electrons. The first-order valence-corrected chi connectivity index (χ1v) is 15.1. The number of rotatable bonds is 9. The first kappa shape index (κ1) is 27.6. The third-order valence-corrected chi connectivity index (χ3v) is 7.37. The van der Waals surface area contributed by atoms with Crippen LogP contribution in [-0.2, 0) is 14.2 Å². The zero-order chi connectivity index (χ0) is 24.8. The minimum atomic E-state index is -1.48. The highest BCUT2D eigenvalue weighted by molar-refractivity contribution is 6.76. The molecule has 2 aromatic carbocycles. The fraction of sp³-hybridized carbons (Fsp3) is 0.391. The largest absolute Gasteiger partial charge is 0.449 e. The van der Waals surface area contributed by atoms with Gasteiger partial charge < -0.3 is 14.2 Å². The van der Waals surface area contributed by atoms with Crippen molar-refractivity contribution in [2.45, 2.75) is 38.0 Å². The van der Waals surface area contributed by atoms with E-state index in [9.17, 15) is 9.59 Å². The highest BCUT2D eigenvalue weighted by Crippen LogP contribution is 2.33. The van der Waals surface area contributed by atoms with Crippen LogP contribution in [0.1, 0.15) is 22.0 Å². The lowest BCUT2D eigenvalue weighted by molar-refractivity contribution is -0.0999. The van der Waals surface area contributed by atoms with Crippen molar-refractivity contribution >= 4 is 54.9 Å². The third-order valence-electron chi connectivity index (χ3n) is 4.85. The first-order valence-electron chi connectivity index (χ1n) is 10.3. The number of hydrogen-bond acceptors (Lipinski definition) is 5. The van der Waals surface area contributed by atoms with E-state index >= 15 is 0 Å². The number of methoxy groups -OCH3 is 2. The Balaban J connectivity index is 2.51. The van der Waals surface area contributed by atoms with Crippen molar-refractivity contribution in [1.82, 2.24) is 4.90 Å². The van der Waals surface area contributed by atoms with Gasteiger partial charge in [0.25, 0.3) is 5.91 Å². The van der Waals surface area contributed by atoms with Gasteiger partial charge in [0.15, 0.2) is 6.23 Å². The number of nitrogens with zero attached hydrogens (tertiary/aromatic N) is 1.